The molecule has 0 spiro atoms. The third-order valence-corrected chi connectivity index (χ3v) is 5.81. The molecule has 0 atom stereocenters. The average Bonchev–Trinajstić information content (AvgIpc) is 2.82. The number of allylic oxidation sites excluding steroid dienone is 2. The topological polar surface area (TPSA) is 20.2 Å². The number of pyridine rings is 2. The van der Waals surface area contributed by atoms with Gasteiger partial charge in [0.15, 0.2) is 30.5 Å². The first-order chi connectivity index (χ1) is 15.2. The van der Waals surface area contributed by atoms with E-state index in [1.165, 1.54) is 16.7 Å². The predicted octanol–water partition coefficient (Wildman–Crippen LogP) is 4.61. The summed E-state index contributed by atoms with van der Waals surface area (Å²) in [6.45, 7) is 6.96. The molecular formula is C27H27N3O+2. The van der Waals surface area contributed by atoms with Gasteiger partial charge < -0.3 is 9.64 Å². The van der Waals surface area contributed by atoms with Gasteiger partial charge in [-0.15, -0.1) is 0 Å². The van der Waals surface area contributed by atoms with Crippen molar-refractivity contribution in [3.8, 4) is 5.75 Å². The summed E-state index contributed by atoms with van der Waals surface area (Å²) in [5, 5.41) is 0. The molecule has 0 saturated carbocycles. The molecule has 4 nitrogen and oxygen atoms in total. The molecule has 0 amide bonds. The molecule has 2 aliphatic rings. The highest BCUT2D eigenvalue weighted by Crippen LogP contribution is 2.44. The monoisotopic (exact) mass is 409 g/mol. The lowest BCUT2D eigenvalue weighted by molar-refractivity contribution is -0.693. The molecule has 0 fully saturated rings. The maximum absolute atomic E-state index is 6.32. The Morgan fingerprint density at radius 3 is 2.16 bits per heavy atom. The van der Waals surface area contributed by atoms with Crippen molar-refractivity contribution in [2.24, 2.45) is 0 Å². The molecule has 154 valence electrons. The summed E-state index contributed by atoms with van der Waals surface area (Å²) in [6.07, 6.45) is 17.2. The van der Waals surface area contributed by atoms with Crippen molar-refractivity contribution in [1.82, 2.24) is 0 Å². The third kappa shape index (κ3) is 3.89. The van der Waals surface area contributed by atoms with Crippen LogP contribution < -0.4 is 18.8 Å². The predicted molar refractivity (Wildman–Crippen MR) is 124 cm³/mol. The van der Waals surface area contributed by atoms with Crippen LogP contribution in [0.15, 0.2) is 85.3 Å². The zero-order chi connectivity index (χ0) is 21.2. The van der Waals surface area contributed by atoms with Crippen molar-refractivity contribution in [1.29, 1.82) is 0 Å². The van der Waals surface area contributed by atoms with Crippen molar-refractivity contribution in [3.63, 3.8) is 0 Å². The van der Waals surface area contributed by atoms with Gasteiger partial charge in [-0.05, 0) is 54.8 Å². The van der Waals surface area contributed by atoms with Crippen LogP contribution in [0.2, 0.25) is 0 Å². The van der Waals surface area contributed by atoms with Gasteiger partial charge in [-0.3, -0.25) is 0 Å². The van der Waals surface area contributed by atoms with Crippen molar-refractivity contribution in [3.05, 3.63) is 102 Å². The Labute approximate surface area is 183 Å². The molecule has 4 heteroatoms. The fraction of sp³-hybridized carbons (Fsp3) is 0.185. The van der Waals surface area contributed by atoms with Gasteiger partial charge in [-0.1, -0.05) is 12.1 Å². The van der Waals surface area contributed by atoms with Gasteiger partial charge in [0.2, 0.25) is 0 Å². The number of aromatic nitrogens is 2. The van der Waals surface area contributed by atoms with Crippen molar-refractivity contribution < 1.29 is 13.9 Å². The zero-order valence-electron chi connectivity index (χ0n) is 18.0. The van der Waals surface area contributed by atoms with Crippen LogP contribution in [0.25, 0.3) is 17.7 Å². The second kappa shape index (κ2) is 8.23. The minimum absolute atomic E-state index is 0.721. The zero-order valence-corrected chi connectivity index (χ0v) is 18.0. The summed E-state index contributed by atoms with van der Waals surface area (Å²) in [5.41, 5.74) is 5.89. The number of rotatable bonds is 4. The lowest BCUT2D eigenvalue weighted by Gasteiger charge is -2.34. The van der Waals surface area contributed by atoms with Crippen LogP contribution in [0.5, 0.6) is 5.75 Å². The Hall–Kier alpha value is -3.66. The largest absolute Gasteiger partial charge is 0.458 e. The number of nitrogens with zero attached hydrogens (tertiary/aromatic N) is 3. The summed E-state index contributed by atoms with van der Waals surface area (Å²) < 4.78 is 10.6. The third-order valence-electron chi connectivity index (χ3n) is 5.81. The van der Waals surface area contributed by atoms with Gasteiger partial charge in [0.1, 0.15) is 18.8 Å². The van der Waals surface area contributed by atoms with Crippen LogP contribution in [-0.2, 0) is 13.1 Å². The maximum Gasteiger partial charge on any atom is 0.169 e. The van der Waals surface area contributed by atoms with E-state index in [1.54, 1.807) is 0 Å². The van der Waals surface area contributed by atoms with E-state index < -0.39 is 0 Å². The molecule has 4 heterocycles. The van der Waals surface area contributed by atoms with E-state index in [0.29, 0.717) is 0 Å². The van der Waals surface area contributed by atoms with Gasteiger partial charge in [-0.25, -0.2) is 9.13 Å². The van der Waals surface area contributed by atoms with E-state index in [4.69, 9.17) is 4.74 Å². The van der Waals surface area contributed by atoms with E-state index in [9.17, 15) is 0 Å². The lowest BCUT2D eigenvalue weighted by atomic mass is 9.96. The highest BCUT2D eigenvalue weighted by atomic mass is 16.5. The SMILES string of the molecule is CC[n+]1ccc(/C=C2/CN3C=C/C(=C/c4cc[n+](CC)cc4)c4cccc(c43)O2)cc1. The molecule has 0 unspecified atom stereocenters. The molecule has 2 aromatic heterocycles. The van der Waals surface area contributed by atoms with E-state index in [-0.39, 0.29) is 0 Å². The van der Waals surface area contributed by atoms with E-state index in [1.807, 2.05) is 0 Å². The van der Waals surface area contributed by atoms with E-state index in [2.05, 4.69) is 120 Å². The van der Waals surface area contributed by atoms with Crippen molar-refractivity contribution in [2.75, 3.05) is 11.4 Å². The Balaban J connectivity index is 1.46. The first-order valence-corrected chi connectivity index (χ1v) is 10.9. The van der Waals surface area contributed by atoms with Crippen LogP contribution in [0.1, 0.15) is 30.5 Å². The molecule has 1 aromatic carbocycles. The number of ether oxygens (including phenoxy) is 1. The van der Waals surface area contributed by atoms with Crippen LogP contribution in [0.3, 0.4) is 0 Å². The van der Waals surface area contributed by atoms with E-state index in [0.717, 1.165) is 42.4 Å². The van der Waals surface area contributed by atoms with Crippen LogP contribution in [0, 0.1) is 0 Å². The minimum Gasteiger partial charge on any atom is -0.458 e. The Kier molecular flexibility index (Phi) is 5.13. The summed E-state index contributed by atoms with van der Waals surface area (Å²) >= 11 is 0. The highest BCUT2D eigenvalue weighted by molar-refractivity contribution is 5.96. The number of hydrogen-bond acceptors (Lipinski definition) is 2. The Morgan fingerprint density at radius 1 is 0.871 bits per heavy atom. The molecule has 0 N–H and O–H groups in total. The first-order valence-electron chi connectivity index (χ1n) is 10.9. The smallest absolute Gasteiger partial charge is 0.169 e. The summed E-state index contributed by atoms with van der Waals surface area (Å²) in [5.74, 6) is 1.85. The molecule has 3 aromatic rings. The Bertz CT molecular complexity index is 1190. The van der Waals surface area contributed by atoms with Crippen LogP contribution in [0.4, 0.5) is 5.69 Å². The molecule has 0 saturated heterocycles. The summed E-state index contributed by atoms with van der Waals surface area (Å²) in [4.78, 5) is 2.28. The number of hydrogen-bond donors (Lipinski definition) is 0. The highest BCUT2D eigenvalue weighted by Gasteiger charge is 2.26. The number of anilines is 1. The lowest BCUT2D eigenvalue weighted by Crippen LogP contribution is -2.31. The average molecular weight is 410 g/mol. The molecule has 0 bridgehead atoms. The van der Waals surface area contributed by atoms with Gasteiger partial charge in [0.05, 0.1) is 12.2 Å². The van der Waals surface area contributed by atoms with Crippen LogP contribution in [-0.4, -0.2) is 6.54 Å². The van der Waals surface area contributed by atoms with Gasteiger partial charge in [0, 0.05) is 36.0 Å². The molecule has 31 heavy (non-hydrogen) atoms. The van der Waals surface area contributed by atoms with E-state index >= 15 is 0 Å². The van der Waals surface area contributed by atoms with Crippen molar-refractivity contribution in [2.45, 2.75) is 26.9 Å². The van der Waals surface area contributed by atoms with Crippen molar-refractivity contribution >= 4 is 23.4 Å². The molecule has 0 radical (unpaired) electrons. The number of aryl methyl sites for hydroxylation is 2. The standard InChI is InChI=1S/C27H27N3O/c1-3-28-13-8-21(9-14-28)18-23-12-17-30-20-24(19-22-10-15-29(4-2)16-11-22)31-26-7-5-6-25(23)27(26)30/h5-19H,3-4,20H2,1-2H3/q+2/b24-19-. The van der Waals surface area contributed by atoms with Crippen LogP contribution >= 0.6 is 0 Å². The Morgan fingerprint density at radius 2 is 1.52 bits per heavy atom. The maximum atomic E-state index is 6.32. The quantitative estimate of drug-likeness (QED) is 0.587. The van der Waals surface area contributed by atoms with Gasteiger partial charge >= 0.3 is 0 Å². The van der Waals surface area contributed by atoms with Gasteiger partial charge in [-0.2, -0.15) is 0 Å². The molecule has 2 aliphatic heterocycles. The molecular weight excluding hydrogens is 382 g/mol. The minimum atomic E-state index is 0.721. The second-order valence-corrected chi connectivity index (χ2v) is 7.83. The number of para-hydroxylation sites is 1. The molecule has 5 rings (SSSR count). The second-order valence-electron chi connectivity index (χ2n) is 7.83. The fourth-order valence-electron chi connectivity index (χ4n) is 4.06. The first kappa shape index (κ1) is 19.3. The van der Waals surface area contributed by atoms with Gasteiger partial charge in [0.25, 0.3) is 0 Å². The summed E-state index contributed by atoms with van der Waals surface area (Å²) in [6, 6.07) is 14.9. The molecule has 0 aliphatic carbocycles. The fourth-order valence-corrected chi connectivity index (χ4v) is 4.06. The normalized spacial score (nSPS) is 17.0. The number of benzene rings is 1. The summed E-state index contributed by atoms with van der Waals surface area (Å²) in [7, 11) is 0.